The summed E-state index contributed by atoms with van der Waals surface area (Å²) in [6, 6.07) is 13.4. The fourth-order valence-corrected chi connectivity index (χ4v) is 5.78. The number of benzene rings is 2. The van der Waals surface area contributed by atoms with Crippen LogP contribution in [0.1, 0.15) is 27.2 Å². The zero-order chi connectivity index (χ0) is 23.0. The standard InChI is InChI=1S/C23H23N3O4S2/c1-15-7-8-16(2)21-20(15)26(4)23(31-21)24-22(27)17-9-11-19(12-10-17)32(28,29)25(3)14-18-6-5-13-30-18/h5-13H,14H2,1-4H3. The van der Waals surface area contributed by atoms with Gasteiger partial charge in [-0.1, -0.05) is 23.5 Å². The van der Waals surface area contributed by atoms with E-state index in [1.54, 1.807) is 12.1 Å². The van der Waals surface area contributed by atoms with Crippen LogP contribution in [0.3, 0.4) is 0 Å². The van der Waals surface area contributed by atoms with Gasteiger partial charge in [-0.2, -0.15) is 9.30 Å². The molecule has 4 rings (SSSR count). The smallest absolute Gasteiger partial charge is 0.279 e. The molecule has 0 aliphatic rings. The highest BCUT2D eigenvalue weighted by Gasteiger charge is 2.22. The second-order valence-corrected chi connectivity index (χ2v) is 10.6. The molecule has 9 heteroatoms. The third kappa shape index (κ3) is 4.06. The normalized spacial score (nSPS) is 12.7. The Kier molecular flexibility index (Phi) is 5.89. The van der Waals surface area contributed by atoms with Crippen molar-refractivity contribution in [3.05, 3.63) is 82.0 Å². The lowest BCUT2D eigenvalue weighted by Crippen LogP contribution is -2.26. The number of hydrogen-bond acceptors (Lipinski definition) is 5. The molecule has 1 amide bonds. The Hall–Kier alpha value is -3.01. The van der Waals surface area contributed by atoms with Crippen molar-refractivity contribution >= 4 is 37.5 Å². The van der Waals surface area contributed by atoms with Gasteiger partial charge < -0.3 is 8.98 Å². The van der Waals surface area contributed by atoms with Gasteiger partial charge in [0.15, 0.2) is 4.80 Å². The molecule has 166 valence electrons. The summed E-state index contributed by atoms with van der Waals surface area (Å²) in [5.74, 6) is 0.124. The monoisotopic (exact) mass is 469 g/mol. The van der Waals surface area contributed by atoms with Gasteiger partial charge in [-0.05, 0) is 61.4 Å². The quantitative estimate of drug-likeness (QED) is 0.442. The van der Waals surface area contributed by atoms with Crippen molar-refractivity contribution in [1.29, 1.82) is 0 Å². The number of rotatable bonds is 5. The Morgan fingerprint density at radius 1 is 1.09 bits per heavy atom. The number of hydrogen-bond donors (Lipinski definition) is 0. The van der Waals surface area contributed by atoms with E-state index in [1.165, 1.54) is 53.2 Å². The number of aryl methyl sites for hydroxylation is 3. The van der Waals surface area contributed by atoms with Crippen molar-refractivity contribution in [3.63, 3.8) is 0 Å². The van der Waals surface area contributed by atoms with Gasteiger partial charge >= 0.3 is 0 Å². The zero-order valence-corrected chi connectivity index (χ0v) is 19.8. The summed E-state index contributed by atoms with van der Waals surface area (Å²) in [7, 11) is -0.346. The van der Waals surface area contributed by atoms with Gasteiger partial charge in [0.2, 0.25) is 10.0 Å². The SMILES string of the molecule is Cc1ccc(C)c2c1sc(=NC(=O)c1ccc(S(=O)(=O)N(C)Cc3ccco3)cc1)n2C. The number of fused-ring (bicyclic) bond motifs is 1. The van der Waals surface area contributed by atoms with Crippen LogP contribution in [0.5, 0.6) is 0 Å². The summed E-state index contributed by atoms with van der Waals surface area (Å²) < 4.78 is 35.1. The summed E-state index contributed by atoms with van der Waals surface area (Å²) in [5, 5.41) is 0. The summed E-state index contributed by atoms with van der Waals surface area (Å²) in [6.07, 6.45) is 1.50. The van der Waals surface area contributed by atoms with Gasteiger partial charge in [0.25, 0.3) is 5.91 Å². The molecular formula is C23H23N3O4S2. The van der Waals surface area contributed by atoms with E-state index in [4.69, 9.17) is 4.42 Å². The molecule has 2 heterocycles. The molecule has 0 saturated heterocycles. The van der Waals surface area contributed by atoms with Crippen LogP contribution in [0.2, 0.25) is 0 Å². The van der Waals surface area contributed by atoms with Crippen molar-refractivity contribution < 1.29 is 17.6 Å². The van der Waals surface area contributed by atoms with Crippen LogP contribution < -0.4 is 4.80 Å². The zero-order valence-electron chi connectivity index (χ0n) is 18.2. The maximum absolute atomic E-state index is 12.8. The van der Waals surface area contributed by atoms with Crippen molar-refractivity contribution in [3.8, 4) is 0 Å². The van der Waals surface area contributed by atoms with Crippen LogP contribution in [-0.4, -0.2) is 30.2 Å². The van der Waals surface area contributed by atoms with E-state index >= 15 is 0 Å². The van der Waals surface area contributed by atoms with Crippen molar-refractivity contribution in [1.82, 2.24) is 8.87 Å². The van der Waals surface area contributed by atoms with Crippen molar-refractivity contribution in [2.75, 3.05) is 7.05 Å². The van der Waals surface area contributed by atoms with Crippen molar-refractivity contribution in [2.45, 2.75) is 25.3 Å². The summed E-state index contributed by atoms with van der Waals surface area (Å²) in [6.45, 7) is 4.18. The molecule has 0 spiro atoms. The largest absolute Gasteiger partial charge is 0.468 e. The maximum atomic E-state index is 12.8. The number of carbonyl (C=O) groups is 1. The lowest BCUT2D eigenvalue weighted by molar-refractivity contribution is 0.0998. The Bertz CT molecular complexity index is 1460. The molecule has 0 saturated carbocycles. The highest BCUT2D eigenvalue weighted by Crippen LogP contribution is 2.24. The maximum Gasteiger partial charge on any atom is 0.279 e. The van der Waals surface area contributed by atoms with E-state index in [9.17, 15) is 13.2 Å². The van der Waals surface area contributed by atoms with Crippen molar-refractivity contribution in [2.24, 2.45) is 12.0 Å². The molecule has 4 aromatic rings. The molecule has 0 N–H and O–H groups in total. The van der Waals surface area contributed by atoms with Crippen LogP contribution >= 0.6 is 11.3 Å². The van der Waals surface area contributed by atoms with Crippen LogP contribution in [0.25, 0.3) is 10.2 Å². The van der Waals surface area contributed by atoms with E-state index in [0.29, 0.717) is 16.1 Å². The third-order valence-electron chi connectivity index (χ3n) is 5.31. The Balaban J connectivity index is 1.61. The first-order chi connectivity index (χ1) is 15.2. The van der Waals surface area contributed by atoms with E-state index in [2.05, 4.69) is 17.1 Å². The second-order valence-electron chi connectivity index (χ2n) is 7.60. The van der Waals surface area contributed by atoms with E-state index in [-0.39, 0.29) is 11.4 Å². The lowest BCUT2D eigenvalue weighted by Gasteiger charge is -2.16. The van der Waals surface area contributed by atoms with E-state index in [0.717, 1.165) is 21.3 Å². The highest BCUT2D eigenvalue weighted by atomic mass is 32.2. The average Bonchev–Trinajstić information content (AvgIpc) is 3.39. The third-order valence-corrected chi connectivity index (χ3v) is 8.40. The Labute approximate surface area is 190 Å². The first-order valence-electron chi connectivity index (χ1n) is 9.92. The van der Waals surface area contributed by atoms with Gasteiger partial charge in [0, 0.05) is 19.7 Å². The average molecular weight is 470 g/mol. The van der Waals surface area contributed by atoms with Crippen LogP contribution in [0, 0.1) is 13.8 Å². The molecule has 0 unspecified atom stereocenters. The van der Waals surface area contributed by atoms with Gasteiger partial charge in [-0.25, -0.2) is 8.42 Å². The predicted molar refractivity (Wildman–Crippen MR) is 124 cm³/mol. The molecule has 0 aliphatic carbocycles. The number of amides is 1. The molecule has 0 bridgehead atoms. The van der Waals surface area contributed by atoms with Crippen LogP contribution in [-0.2, 0) is 23.6 Å². The first-order valence-corrected chi connectivity index (χ1v) is 12.2. The summed E-state index contributed by atoms with van der Waals surface area (Å²) in [5.41, 5.74) is 3.63. The predicted octanol–water partition coefficient (Wildman–Crippen LogP) is 4.01. The number of nitrogens with zero attached hydrogens (tertiary/aromatic N) is 3. The minimum atomic E-state index is -3.72. The summed E-state index contributed by atoms with van der Waals surface area (Å²) in [4.78, 5) is 17.8. The molecule has 32 heavy (non-hydrogen) atoms. The first kappa shape index (κ1) is 22.2. The second kappa shape index (κ2) is 8.50. The minimum Gasteiger partial charge on any atom is -0.468 e. The van der Waals surface area contributed by atoms with E-state index < -0.39 is 15.9 Å². The number of sulfonamides is 1. The fourth-order valence-electron chi connectivity index (χ4n) is 3.48. The number of carbonyl (C=O) groups excluding carboxylic acids is 1. The Morgan fingerprint density at radius 3 is 2.41 bits per heavy atom. The fraction of sp³-hybridized carbons (Fsp3) is 0.217. The summed E-state index contributed by atoms with van der Waals surface area (Å²) >= 11 is 1.46. The lowest BCUT2D eigenvalue weighted by atomic mass is 10.1. The van der Waals surface area contributed by atoms with Crippen LogP contribution in [0.4, 0.5) is 0 Å². The molecule has 0 radical (unpaired) electrons. The molecule has 7 nitrogen and oxygen atoms in total. The molecule has 2 aromatic carbocycles. The number of thiazole rings is 1. The van der Waals surface area contributed by atoms with Crippen LogP contribution in [0.15, 0.2) is 69.1 Å². The molecule has 0 aliphatic heterocycles. The minimum absolute atomic E-state index is 0.0989. The van der Waals surface area contributed by atoms with Gasteiger partial charge in [-0.15, -0.1) is 0 Å². The molecule has 2 aromatic heterocycles. The molecule has 0 fully saturated rings. The topological polar surface area (TPSA) is 84.9 Å². The number of furan rings is 1. The van der Waals surface area contributed by atoms with Gasteiger partial charge in [-0.3, -0.25) is 4.79 Å². The number of aromatic nitrogens is 1. The van der Waals surface area contributed by atoms with Gasteiger partial charge in [0.05, 0.1) is 27.9 Å². The van der Waals surface area contributed by atoms with E-state index in [1.807, 2.05) is 25.5 Å². The molecular weight excluding hydrogens is 446 g/mol. The highest BCUT2D eigenvalue weighted by molar-refractivity contribution is 7.89. The van der Waals surface area contributed by atoms with Gasteiger partial charge in [0.1, 0.15) is 5.76 Å². The molecule has 0 atom stereocenters. The Morgan fingerprint density at radius 2 is 1.78 bits per heavy atom.